The summed E-state index contributed by atoms with van der Waals surface area (Å²) in [5.74, 6) is -1.37. The van der Waals surface area contributed by atoms with E-state index in [1.807, 2.05) is 30.3 Å². The van der Waals surface area contributed by atoms with E-state index in [2.05, 4.69) is 10.6 Å². The summed E-state index contributed by atoms with van der Waals surface area (Å²) in [6.45, 7) is 3.40. The number of hydrogen-bond acceptors (Lipinski definition) is 3. The molecule has 0 saturated carbocycles. The van der Waals surface area contributed by atoms with Crippen LogP contribution in [0.5, 0.6) is 0 Å². The van der Waals surface area contributed by atoms with Crippen LogP contribution in [0.2, 0.25) is 0 Å². The molecule has 0 aliphatic carbocycles. The molecule has 0 saturated heterocycles. The van der Waals surface area contributed by atoms with Crippen molar-refractivity contribution in [2.75, 3.05) is 7.05 Å². The maximum absolute atomic E-state index is 12.0. The maximum atomic E-state index is 12.0. The van der Waals surface area contributed by atoms with Gasteiger partial charge in [-0.1, -0.05) is 30.3 Å². The van der Waals surface area contributed by atoms with Gasteiger partial charge in [0.25, 0.3) is 0 Å². The first-order valence-electron chi connectivity index (χ1n) is 6.13. The van der Waals surface area contributed by atoms with Crippen molar-refractivity contribution >= 4 is 11.9 Å². The minimum Gasteiger partial charge on any atom is -0.480 e. The second-order valence-electron chi connectivity index (χ2n) is 4.93. The summed E-state index contributed by atoms with van der Waals surface area (Å²) in [5.41, 5.74) is 0.0714. The molecule has 3 N–H and O–H groups in total. The molecule has 5 heteroatoms. The van der Waals surface area contributed by atoms with E-state index in [1.54, 1.807) is 20.9 Å². The van der Waals surface area contributed by atoms with E-state index in [4.69, 9.17) is 0 Å². The van der Waals surface area contributed by atoms with Gasteiger partial charge >= 0.3 is 5.97 Å². The molecule has 1 atom stereocenters. The minimum absolute atomic E-state index is 0.266. The standard InChI is InChI=1S/C14H20N2O3/c1-14(2,15-3)13(19)16-11(12(17)18)9-10-7-5-4-6-8-10/h4-8,11,15H,9H2,1-3H3,(H,16,19)(H,17,18). The number of aliphatic carboxylic acids is 1. The molecule has 104 valence electrons. The molecule has 1 unspecified atom stereocenters. The van der Waals surface area contributed by atoms with Crippen LogP contribution in [0, 0.1) is 0 Å². The summed E-state index contributed by atoms with van der Waals surface area (Å²) < 4.78 is 0. The van der Waals surface area contributed by atoms with E-state index in [9.17, 15) is 14.7 Å². The van der Waals surface area contributed by atoms with Crippen molar-refractivity contribution in [3.63, 3.8) is 0 Å². The van der Waals surface area contributed by atoms with Crippen LogP contribution in [0.4, 0.5) is 0 Å². The second-order valence-corrected chi connectivity index (χ2v) is 4.93. The number of nitrogens with one attached hydrogen (secondary N) is 2. The number of carbonyl (C=O) groups is 2. The third kappa shape index (κ3) is 4.37. The zero-order valence-electron chi connectivity index (χ0n) is 11.4. The molecule has 0 fully saturated rings. The number of likely N-dealkylation sites (N-methyl/N-ethyl adjacent to an activating group) is 1. The Kier molecular flexibility index (Phi) is 5.06. The fraction of sp³-hybridized carbons (Fsp3) is 0.429. The Morgan fingerprint density at radius 1 is 1.26 bits per heavy atom. The lowest BCUT2D eigenvalue weighted by molar-refractivity contribution is -0.142. The monoisotopic (exact) mass is 264 g/mol. The normalized spacial score (nSPS) is 12.8. The minimum atomic E-state index is -1.04. The zero-order valence-corrected chi connectivity index (χ0v) is 11.4. The van der Waals surface area contributed by atoms with Crippen molar-refractivity contribution in [2.45, 2.75) is 31.8 Å². The van der Waals surface area contributed by atoms with Gasteiger partial charge in [-0.05, 0) is 26.5 Å². The predicted octanol–water partition coefficient (Wildman–Crippen LogP) is 0.796. The van der Waals surface area contributed by atoms with Crippen molar-refractivity contribution in [2.24, 2.45) is 0 Å². The first-order chi connectivity index (χ1) is 8.86. The highest BCUT2D eigenvalue weighted by atomic mass is 16.4. The number of hydrogen-bond donors (Lipinski definition) is 3. The highest BCUT2D eigenvalue weighted by Gasteiger charge is 2.29. The third-order valence-electron chi connectivity index (χ3n) is 3.08. The summed E-state index contributed by atoms with van der Waals surface area (Å²) in [4.78, 5) is 23.2. The van der Waals surface area contributed by atoms with E-state index < -0.39 is 17.6 Å². The van der Waals surface area contributed by atoms with E-state index in [0.29, 0.717) is 0 Å². The summed E-state index contributed by atoms with van der Waals surface area (Å²) >= 11 is 0. The van der Waals surface area contributed by atoms with Gasteiger partial charge in [0.2, 0.25) is 5.91 Å². The number of rotatable bonds is 6. The average molecular weight is 264 g/mol. The topological polar surface area (TPSA) is 78.4 Å². The van der Waals surface area contributed by atoms with Crippen LogP contribution in [-0.2, 0) is 16.0 Å². The fourth-order valence-corrected chi connectivity index (χ4v) is 1.50. The van der Waals surface area contributed by atoms with E-state index in [-0.39, 0.29) is 12.3 Å². The largest absolute Gasteiger partial charge is 0.480 e. The molecule has 0 bridgehead atoms. The van der Waals surface area contributed by atoms with Crippen molar-refractivity contribution in [3.05, 3.63) is 35.9 Å². The Bertz CT molecular complexity index is 443. The number of carboxylic acid groups (broad SMARTS) is 1. The molecule has 0 aliphatic rings. The van der Waals surface area contributed by atoms with Crippen molar-refractivity contribution in [1.29, 1.82) is 0 Å². The maximum Gasteiger partial charge on any atom is 0.326 e. The van der Waals surface area contributed by atoms with Crippen molar-refractivity contribution in [3.8, 4) is 0 Å². The number of carbonyl (C=O) groups excluding carboxylic acids is 1. The quantitative estimate of drug-likeness (QED) is 0.710. The Balaban J connectivity index is 2.75. The predicted molar refractivity (Wildman–Crippen MR) is 72.9 cm³/mol. The highest BCUT2D eigenvalue weighted by molar-refractivity contribution is 5.89. The van der Waals surface area contributed by atoms with Gasteiger partial charge in [0.1, 0.15) is 6.04 Å². The number of benzene rings is 1. The van der Waals surface area contributed by atoms with E-state index in [1.165, 1.54) is 0 Å². The van der Waals surface area contributed by atoms with E-state index in [0.717, 1.165) is 5.56 Å². The molecule has 0 aromatic heterocycles. The van der Waals surface area contributed by atoms with Gasteiger partial charge < -0.3 is 15.7 Å². The van der Waals surface area contributed by atoms with Crippen molar-refractivity contribution in [1.82, 2.24) is 10.6 Å². The first kappa shape index (κ1) is 15.2. The molecule has 5 nitrogen and oxygen atoms in total. The Hall–Kier alpha value is -1.88. The molecular formula is C14H20N2O3. The molecule has 1 rings (SSSR count). The Morgan fingerprint density at radius 2 is 1.84 bits per heavy atom. The van der Waals surface area contributed by atoms with Gasteiger partial charge in [-0.25, -0.2) is 4.79 Å². The van der Waals surface area contributed by atoms with Gasteiger partial charge in [0.05, 0.1) is 5.54 Å². The van der Waals surface area contributed by atoms with Gasteiger partial charge in [-0.15, -0.1) is 0 Å². The average Bonchev–Trinajstić information content (AvgIpc) is 2.38. The lowest BCUT2D eigenvalue weighted by Crippen LogP contribution is -2.55. The van der Waals surface area contributed by atoms with Crippen molar-refractivity contribution < 1.29 is 14.7 Å². The SMILES string of the molecule is CNC(C)(C)C(=O)NC(Cc1ccccc1)C(=O)O. The molecule has 1 amide bonds. The highest BCUT2D eigenvalue weighted by Crippen LogP contribution is 2.06. The molecule has 0 heterocycles. The first-order valence-corrected chi connectivity index (χ1v) is 6.13. The lowest BCUT2D eigenvalue weighted by atomic mass is 10.0. The molecule has 1 aromatic rings. The van der Waals surface area contributed by atoms with Gasteiger partial charge in [-0.2, -0.15) is 0 Å². The molecule has 0 aliphatic heterocycles. The number of amides is 1. The molecule has 0 radical (unpaired) electrons. The van der Waals surface area contributed by atoms with Crippen LogP contribution in [0.1, 0.15) is 19.4 Å². The van der Waals surface area contributed by atoms with Gasteiger partial charge in [0, 0.05) is 6.42 Å². The van der Waals surface area contributed by atoms with Crippen LogP contribution in [0.3, 0.4) is 0 Å². The fourth-order valence-electron chi connectivity index (χ4n) is 1.50. The zero-order chi connectivity index (χ0) is 14.5. The summed E-state index contributed by atoms with van der Waals surface area (Å²) in [7, 11) is 1.66. The third-order valence-corrected chi connectivity index (χ3v) is 3.08. The van der Waals surface area contributed by atoms with Crippen LogP contribution in [0.25, 0.3) is 0 Å². The lowest BCUT2D eigenvalue weighted by Gasteiger charge is -2.25. The second kappa shape index (κ2) is 6.33. The van der Waals surface area contributed by atoms with Gasteiger partial charge in [-0.3, -0.25) is 4.79 Å². The molecule has 1 aromatic carbocycles. The van der Waals surface area contributed by atoms with E-state index >= 15 is 0 Å². The van der Waals surface area contributed by atoms with Crippen LogP contribution >= 0.6 is 0 Å². The molecule has 0 spiro atoms. The summed E-state index contributed by atoms with van der Waals surface area (Å²) in [6.07, 6.45) is 0.266. The van der Waals surface area contributed by atoms with Crippen LogP contribution < -0.4 is 10.6 Å². The smallest absolute Gasteiger partial charge is 0.326 e. The molecule has 19 heavy (non-hydrogen) atoms. The van der Waals surface area contributed by atoms with Crippen LogP contribution in [0.15, 0.2) is 30.3 Å². The number of carboxylic acids is 1. The van der Waals surface area contributed by atoms with Crippen LogP contribution in [-0.4, -0.2) is 35.6 Å². The Morgan fingerprint density at radius 3 is 2.32 bits per heavy atom. The Labute approximate surface area is 113 Å². The molecular weight excluding hydrogens is 244 g/mol. The summed E-state index contributed by atoms with van der Waals surface area (Å²) in [5, 5.41) is 14.6. The summed E-state index contributed by atoms with van der Waals surface area (Å²) in [6, 6.07) is 8.29. The van der Waals surface area contributed by atoms with Gasteiger partial charge in [0.15, 0.2) is 0 Å².